The van der Waals surface area contributed by atoms with E-state index in [0.29, 0.717) is 22.6 Å². The number of esters is 3. The molecule has 176 valence electrons. The summed E-state index contributed by atoms with van der Waals surface area (Å²) < 4.78 is 33.0. The number of hydrogen-bond acceptors (Lipinski definition) is 10. The predicted molar refractivity (Wildman–Crippen MR) is 110 cm³/mol. The van der Waals surface area contributed by atoms with Crippen LogP contribution in [0.3, 0.4) is 0 Å². The fraction of sp³-hybridized carbons (Fsp3) is 0.455. The largest absolute Gasteiger partial charge is 0.489 e. The van der Waals surface area contributed by atoms with Crippen LogP contribution in [0, 0.1) is 0 Å². The van der Waals surface area contributed by atoms with Gasteiger partial charge in [0, 0.05) is 26.3 Å². The van der Waals surface area contributed by atoms with Crippen molar-refractivity contribution in [3.8, 4) is 17.2 Å². The molecule has 2 heterocycles. The van der Waals surface area contributed by atoms with E-state index in [0.717, 1.165) is 0 Å². The summed E-state index contributed by atoms with van der Waals surface area (Å²) >= 11 is 0. The third-order valence-electron chi connectivity index (χ3n) is 5.29. The van der Waals surface area contributed by atoms with Crippen LogP contribution in [0.1, 0.15) is 43.6 Å². The normalized spacial score (nSPS) is 24.5. The molecule has 1 aliphatic carbocycles. The molecule has 1 aromatic carbocycles. The van der Waals surface area contributed by atoms with Crippen LogP contribution in [-0.2, 0) is 28.6 Å². The van der Waals surface area contributed by atoms with Crippen LogP contribution in [0.4, 0.5) is 0 Å². The summed E-state index contributed by atoms with van der Waals surface area (Å²) in [5, 5.41) is 2.80. The fourth-order valence-corrected chi connectivity index (χ4v) is 4.25. The van der Waals surface area contributed by atoms with Gasteiger partial charge in [0.15, 0.2) is 29.8 Å². The van der Waals surface area contributed by atoms with Crippen molar-refractivity contribution in [2.24, 2.45) is 0 Å². The lowest BCUT2D eigenvalue weighted by Crippen LogP contribution is -2.60. The molecule has 0 saturated carbocycles. The molecule has 1 aromatic rings. The zero-order valence-electron chi connectivity index (χ0n) is 18.5. The van der Waals surface area contributed by atoms with Gasteiger partial charge in [0.05, 0.1) is 18.2 Å². The summed E-state index contributed by atoms with van der Waals surface area (Å²) in [6, 6.07) is 0.736. The maximum Gasteiger partial charge on any atom is 0.303 e. The lowest BCUT2D eigenvalue weighted by atomic mass is 9.79. The molecule has 33 heavy (non-hydrogen) atoms. The van der Waals surface area contributed by atoms with E-state index >= 15 is 0 Å². The minimum atomic E-state index is -1.17. The van der Waals surface area contributed by atoms with Crippen LogP contribution in [0.2, 0.25) is 0 Å². The summed E-state index contributed by atoms with van der Waals surface area (Å²) in [7, 11) is 0. The number of carbonyl (C=O) groups excluding carboxylic acids is 4. The lowest BCUT2D eigenvalue weighted by molar-refractivity contribution is -0.181. The third kappa shape index (κ3) is 4.06. The number of carbonyl (C=O) groups is 4. The molecule has 0 unspecified atom stereocenters. The number of rotatable bonds is 5. The van der Waals surface area contributed by atoms with Crippen molar-refractivity contribution in [2.45, 2.75) is 52.0 Å². The number of amides is 1. The van der Waals surface area contributed by atoms with Crippen LogP contribution in [-0.4, -0.2) is 61.6 Å². The quantitative estimate of drug-likeness (QED) is 0.502. The molecule has 0 fully saturated rings. The smallest absolute Gasteiger partial charge is 0.303 e. The first-order chi connectivity index (χ1) is 15.7. The van der Waals surface area contributed by atoms with Gasteiger partial charge in [-0.1, -0.05) is 0 Å². The Morgan fingerprint density at radius 2 is 1.70 bits per heavy atom. The van der Waals surface area contributed by atoms with E-state index < -0.39 is 48.2 Å². The van der Waals surface area contributed by atoms with Gasteiger partial charge in [-0.25, -0.2) is 0 Å². The van der Waals surface area contributed by atoms with Gasteiger partial charge in [0.1, 0.15) is 0 Å². The fourth-order valence-electron chi connectivity index (χ4n) is 4.25. The van der Waals surface area contributed by atoms with Crippen molar-refractivity contribution < 1.29 is 47.6 Å². The predicted octanol–water partition coefficient (Wildman–Crippen LogP) is 1.12. The van der Waals surface area contributed by atoms with E-state index in [-0.39, 0.29) is 24.7 Å². The highest BCUT2D eigenvalue weighted by Crippen LogP contribution is 2.49. The second-order valence-electron chi connectivity index (χ2n) is 7.59. The van der Waals surface area contributed by atoms with Gasteiger partial charge < -0.3 is 33.7 Å². The Labute approximate surface area is 188 Å². The molecule has 3 aliphatic rings. The molecule has 0 saturated heterocycles. The summed E-state index contributed by atoms with van der Waals surface area (Å²) in [5.74, 6) is -1.56. The van der Waals surface area contributed by atoms with Crippen molar-refractivity contribution in [1.82, 2.24) is 5.32 Å². The SMILES string of the molecule is CCOc1c2c(cc3c1C(=O)N[C@@H]1C3=C[C@H](OC(C)=O)[C@@H](OC(C)=O)[C@H]1OC(C)=O)OCO2. The highest BCUT2D eigenvalue weighted by molar-refractivity contribution is 6.08. The highest BCUT2D eigenvalue weighted by atomic mass is 16.7. The van der Waals surface area contributed by atoms with E-state index in [1.165, 1.54) is 20.8 Å². The molecule has 0 radical (unpaired) electrons. The van der Waals surface area contributed by atoms with Crippen molar-refractivity contribution in [1.29, 1.82) is 0 Å². The number of fused-ring (bicyclic) bond motifs is 4. The first-order valence-corrected chi connectivity index (χ1v) is 10.3. The molecule has 11 nitrogen and oxygen atoms in total. The topological polar surface area (TPSA) is 136 Å². The Morgan fingerprint density at radius 1 is 1.03 bits per heavy atom. The molecular weight excluding hydrogens is 438 g/mol. The van der Waals surface area contributed by atoms with Crippen molar-refractivity contribution >= 4 is 29.4 Å². The average molecular weight is 461 g/mol. The molecule has 0 aromatic heterocycles. The standard InChI is InChI=1S/C22H23NO10/c1-5-28-20-16-12(6-14-18(20)30-8-29-14)13-7-15(31-9(2)24)19(32-10(3)25)21(33-11(4)26)17(13)23-22(16)27/h6-7,15,17,19,21H,5,8H2,1-4H3,(H,23,27)/t15-,17+,19+,21-/m0/s1. The Balaban J connectivity index is 1.92. The third-order valence-corrected chi connectivity index (χ3v) is 5.29. The van der Waals surface area contributed by atoms with Gasteiger partial charge in [0.25, 0.3) is 5.91 Å². The van der Waals surface area contributed by atoms with E-state index in [1.807, 2.05) is 0 Å². The van der Waals surface area contributed by atoms with Crippen molar-refractivity contribution in [3.05, 3.63) is 23.3 Å². The van der Waals surface area contributed by atoms with E-state index in [1.54, 1.807) is 19.1 Å². The maximum absolute atomic E-state index is 13.2. The number of ether oxygens (including phenoxy) is 6. The van der Waals surface area contributed by atoms with Crippen molar-refractivity contribution in [3.63, 3.8) is 0 Å². The summed E-state index contributed by atoms with van der Waals surface area (Å²) in [6.07, 6.45) is -1.85. The first-order valence-electron chi connectivity index (χ1n) is 10.3. The minimum absolute atomic E-state index is 0.0386. The molecule has 0 spiro atoms. The highest BCUT2D eigenvalue weighted by Gasteiger charge is 2.50. The number of hydrogen-bond donors (Lipinski definition) is 1. The summed E-state index contributed by atoms with van der Waals surface area (Å²) in [5.41, 5.74) is 1.13. The molecular formula is C22H23NO10. The van der Waals surface area contributed by atoms with Crippen LogP contribution in [0.15, 0.2) is 12.1 Å². The Kier molecular flexibility index (Phi) is 5.88. The van der Waals surface area contributed by atoms with Crippen LogP contribution >= 0.6 is 0 Å². The van der Waals surface area contributed by atoms with Gasteiger partial charge in [-0.2, -0.15) is 0 Å². The summed E-state index contributed by atoms with van der Waals surface area (Å²) in [4.78, 5) is 48.7. The zero-order valence-corrected chi connectivity index (χ0v) is 18.5. The molecule has 2 aliphatic heterocycles. The Bertz CT molecular complexity index is 1060. The van der Waals surface area contributed by atoms with E-state index in [2.05, 4.69) is 5.32 Å². The molecule has 4 rings (SSSR count). The molecule has 0 bridgehead atoms. The van der Waals surface area contributed by atoms with Gasteiger partial charge in [-0.05, 0) is 24.6 Å². The van der Waals surface area contributed by atoms with Crippen LogP contribution < -0.4 is 19.5 Å². The number of nitrogens with one attached hydrogen (secondary N) is 1. The Hall–Kier alpha value is -3.76. The molecule has 11 heteroatoms. The number of benzene rings is 1. The monoisotopic (exact) mass is 461 g/mol. The molecule has 4 atom stereocenters. The maximum atomic E-state index is 13.2. The van der Waals surface area contributed by atoms with Crippen molar-refractivity contribution in [2.75, 3.05) is 13.4 Å². The minimum Gasteiger partial charge on any atom is -0.489 e. The van der Waals surface area contributed by atoms with Gasteiger partial charge in [-0.15, -0.1) is 0 Å². The summed E-state index contributed by atoms with van der Waals surface area (Å²) in [6.45, 7) is 5.57. The average Bonchev–Trinajstić information content (AvgIpc) is 3.19. The second-order valence-corrected chi connectivity index (χ2v) is 7.59. The lowest BCUT2D eigenvalue weighted by Gasteiger charge is -2.42. The van der Waals surface area contributed by atoms with E-state index in [4.69, 9.17) is 28.4 Å². The van der Waals surface area contributed by atoms with Crippen LogP contribution in [0.25, 0.3) is 5.57 Å². The Morgan fingerprint density at radius 3 is 2.33 bits per heavy atom. The zero-order chi connectivity index (χ0) is 23.9. The molecule has 1 amide bonds. The van der Waals surface area contributed by atoms with Gasteiger partial charge >= 0.3 is 17.9 Å². The van der Waals surface area contributed by atoms with E-state index in [9.17, 15) is 19.2 Å². The van der Waals surface area contributed by atoms with Crippen LogP contribution in [0.5, 0.6) is 17.2 Å². The first kappa shape index (κ1) is 22.4. The second kappa shape index (κ2) is 8.64. The van der Waals surface area contributed by atoms with Gasteiger partial charge in [0.2, 0.25) is 12.5 Å². The van der Waals surface area contributed by atoms with Gasteiger partial charge in [-0.3, -0.25) is 19.2 Å². The molecule has 1 N–H and O–H groups in total.